The Hall–Kier alpha value is -10.6. The number of rotatable bonds is 24. The maximum absolute atomic E-state index is 15.5. The van der Waals surface area contributed by atoms with Crippen LogP contribution in [0.1, 0.15) is 128 Å². The molecular weight excluding hydrogens is 1340 g/mol. The van der Waals surface area contributed by atoms with Gasteiger partial charge in [-0.25, -0.2) is 18.9 Å². The van der Waals surface area contributed by atoms with Crippen molar-refractivity contribution in [2.75, 3.05) is 64.1 Å². The average molecular weight is 1420 g/mol. The van der Waals surface area contributed by atoms with Crippen LogP contribution >= 0.6 is 0 Å². The molecule has 3 atom stereocenters. The molecule has 8 amide bonds. The summed E-state index contributed by atoms with van der Waals surface area (Å²) < 4.78 is 29.6. The molecule has 13 rings (SSSR count). The van der Waals surface area contributed by atoms with Gasteiger partial charge in [0, 0.05) is 91.6 Å². The fourth-order valence-corrected chi connectivity index (χ4v) is 15.7. The first-order valence-electron chi connectivity index (χ1n) is 35.7. The first kappa shape index (κ1) is 71.8. The number of cyclic esters (lactones) is 1. The third-order valence-corrected chi connectivity index (χ3v) is 21.6. The number of esters is 1. The highest BCUT2D eigenvalue weighted by Gasteiger charge is 2.47. The van der Waals surface area contributed by atoms with Gasteiger partial charge in [0.15, 0.2) is 5.60 Å². The third kappa shape index (κ3) is 14.8. The summed E-state index contributed by atoms with van der Waals surface area (Å²) in [7, 11) is 1.84. The SMILES string of the molecule is CC[C@@]1(O)C(=O)OCc2c1cc1n(c2=O)Cc2c-1nc1cc(F)c(C)c3c1c2[C@@H](NCNC(=O)CNC(=O)[C@H](Cc1ccccc1)NC(=O)CNC(=O)CNC(=O)CCOCCC(=O)N1CCC2(CCC(C(=O)NCCC(=O)N4Cc5ccccc5-c5nnn(C)c5-c5ccccc54)CC2)CC1)CC3. The maximum Gasteiger partial charge on any atom is 0.343 e. The zero-order chi connectivity index (χ0) is 73.0. The summed E-state index contributed by atoms with van der Waals surface area (Å²) in [6.45, 7) is 3.50. The number of hydrogen-bond acceptors (Lipinski definition) is 17. The predicted octanol–water partition coefficient (Wildman–Crippen LogP) is 4.37. The van der Waals surface area contributed by atoms with E-state index in [1.54, 1.807) is 59.8 Å². The Morgan fingerprint density at radius 2 is 1.44 bits per heavy atom. The maximum atomic E-state index is 15.5. The van der Waals surface area contributed by atoms with E-state index < -0.39 is 84.2 Å². The molecule has 1 saturated carbocycles. The van der Waals surface area contributed by atoms with Gasteiger partial charge in [-0.15, -0.1) is 5.10 Å². The Kier molecular flexibility index (Phi) is 21.2. The average Bonchev–Trinajstić information content (AvgIpc) is 1.50. The zero-order valence-electron chi connectivity index (χ0n) is 58.4. The van der Waals surface area contributed by atoms with E-state index in [1.165, 1.54) is 10.6 Å². The molecule has 0 unspecified atom stereocenters. The standard InChI is InChI=1S/C76H85FN14O13/c1-4-76(102)53-35-59-68-51(41-91(59)73(100)52(53)42-104-74(76)101)67-55(19-18-48-44(2)54(77)36-56(85-68)66(48)67)82-43-83-62(94)38-81-72(99)57(34-45-12-6-5-7-13-45)84-63(95)39-80-61(93)37-79-60(92)23-32-103-33-24-64(96)89-30-27-75(28-31-89)25-20-46(21-26-75)71(98)78-29-22-65(97)90-40-47-14-8-9-15-49(47)69-70(88(3)87-86-69)50-16-10-11-17-58(50)90/h5-17,35-36,46,55,57,82,102H,4,18-34,37-43H2,1-3H3,(H,78,98)(H,79,92)(H,80,93)(H,81,99)(H,83,94)(H,84,95)/t55-,57-,76-/m0/s1. The van der Waals surface area contributed by atoms with E-state index >= 15 is 4.39 Å². The molecule has 27 nitrogen and oxygen atoms in total. The number of fused-ring (bicyclic) bond motifs is 10. The number of para-hydroxylation sites is 1. The number of benzene rings is 4. The number of halogens is 1. The fraction of sp³-hybridized carbons (Fsp3) is 0.434. The number of nitrogens with zero attached hydrogens (tertiary/aromatic N) is 7. The Balaban J connectivity index is 0.502. The highest BCUT2D eigenvalue weighted by molar-refractivity contribution is 6.01. The summed E-state index contributed by atoms with van der Waals surface area (Å²) >= 11 is 0. The number of ether oxygens (including phenoxy) is 2. The summed E-state index contributed by atoms with van der Waals surface area (Å²) in [5, 5.41) is 40.4. The molecular formula is C76H85FN14O13. The Morgan fingerprint density at radius 3 is 2.22 bits per heavy atom. The number of pyridine rings is 2. The van der Waals surface area contributed by atoms with E-state index in [1.807, 2.05) is 60.5 Å². The largest absolute Gasteiger partial charge is 0.458 e. The third-order valence-electron chi connectivity index (χ3n) is 21.6. The Labute approximate surface area is 598 Å². The Bertz CT molecular complexity index is 4620. The van der Waals surface area contributed by atoms with Crippen molar-refractivity contribution in [3.63, 3.8) is 0 Å². The molecule has 8 N–H and O–H groups in total. The van der Waals surface area contributed by atoms with Crippen LogP contribution in [0.4, 0.5) is 10.1 Å². The highest BCUT2D eigenvalue weighted by Crippen LogP contribution is 2.49. The number of carbonyl (C=O) groups is 9. The van der Waals surface area contributed by atoms with Gasteiger partial charge in [-0.1, -0.05) is 84.9 Å². The van der Waals surface area contributed by atoms with Crippen molar-refractivity contribution in [2.45, 2.75) is 135 Å². The van der Waals surface area contributed by atoms with Crippen LogP contribution in [0.25, 0.3) is 44.8 Å². The van der Waals surface area contributed by atoms with Gasteiger partial charge in [0.05, 0.1) is 92.9 Å². The highest BCUT2D eigenvalue weighted by atomic mass is 19.1. The minimum atomic E-state index is -2.04. The zero-order valence-corrected chi connectivity index (χ0v) is 58.4. The first-order valence-corrected chi connectivity index (χ1v) is 35.7. The second-order valence-corrected chi connectivity index (χ2v) is 27.8. The van der Waals surface area contributed by atoms with Crippen molar-refractivity contribution in [2.24, 2.45) is 18.4 Å². The van der Waals surface area contributed by atoms with Gasteiger partial charge in [-0.3, -0.25) is 48.5 Å². The van der Waals surface area contributed by atoms with E-state index in [4.69, 9.17) is 14.5 Å². The smallest absolute Gasteiger partial charge is 0.343 e. The van der Waals surface area contributed by atoms with E-state index in [0.717, 1.165) is 88.8 Å². The normalized spacial score (nSPS) is 17.9. The number of aromatic nitrogens is 5. The molecule has 6 aliphatic rings. The minimum absolute atomic E-state index is 0.00430. The molecule has 4 aliphatic heterocycles. The number of nitrogens with one attached hydrogen (secondary N) is 7. The molecule has 28 heteroatoms. The van der Waals surface area contributed by atoms with Crippen LogP contribution in [0, 0.1) is 24.1 Å². The van der Waals surface area contributed by atoms with Crippen molar-refractivity contribution < 1.29 is 62.1 Å². The summed E-state index contributed by atoms with van der Waals surface area (Å²) in [5.41, 5.74) is 7.54. The summed E-state index contributed by atoms with van der Waals surface area (Å²) in [6.07, 6.45) is 6.06. The Morgan fingerprint density at radius 1 is 0.740 bits per heavy atom. The van der Waals surface area contributed by atoms with Gasteiger partial charge in [0.1, 0.15) is 24.2 Å². The fourth-order valence-electron chi connectivity index (χ4n) is 15.7. The van der Waals surface area contributed by atoms with Gasteiger partial charge in [0.25, 0.3) is 5.56 Å². The first-order chi connectivity index (χ1) is 50.2. The molecule has 2 fully saturated rings. The molecule has 2 aliphatic carbocycles. The number of piperidine rings is 1. The van der Waals surface area contributed by atoms with Gasteiger partial charge in [-0.05, 0) is 110 Å². The van der Waals surface area contributed by atoms with Crippen LogP contribution in [0.2, 0.25) is 0 Å². The number of aliphatic hydroxyl groups is 1. The van der Waals surface area contributed by atoms with Crippen LogP contribution in [0.15, 0.2) is 95.8 Å². The van der Waals surface area contributed by atoms with E-state index in [0.29, 0.717) is 66.1 Å². The van der Waals surface area contributed by atoms with Crippen LogP contribution < -0.4 is 47.7 Å². The van der Waals surface area contributed by atoms with Gasteiger partial charge >= 0.3 is 5.97 Å². The predicted molar refractivity (Wildman–Crippen MR) is 378 cm³/mol. The summed E-state index contributed by atoms with van der Waals surface area (Å²) in [4.78, 5) is 142. The van der Waals surface area contributed by atoms with E-state index in [9.17, 15) is 53.1 Å². The van der Waals surface area contributed by atoms with E-state index in [2.05, 4.69) is 47.5 Å². The molecule has 3 aromatic heterocycles. The molecule has 1 spiro atoms. The molecule has 0 radical (unpaired) electrons. The quantitative estimate of drug-likeness (QED) is 0.0237. The summed E-state index contributed by atoms with van der Waals surface area (Å²) in [5.74, 6) is -4.73. The van der Waals surface area contributed by atoms with Gasteiger partial charge < -0.3 is 60.8 Å². The molecule has 4 aromatic carbocycles. The van der Waals surface area contributed by atoms with Crippen LogP contribution in [0.5, 0.6) is 0 Å². The van der Waals surface area contributed by atoms with Crippen molar-refractivity contribution in [1.82, 2.24) is 66.7 Å². The lowest BCUT2D eigenvalue weighted by Crippen LogP contribution is -2.52. The van der Waals surface area contributed by atoms with Crippen molar-refractivity contribution in [3.05, 3.63) is 152 Å². The minimum Gasteiger partial charge on any atom is -0.458 e. The van der Waals surface area contributed by atoms with Crippen molar-refractivity contribution in [1.29, 1.82) is 0 Å². The van der Waals surface area contributed by atoms with Crippen molar-refractivity contribution in [3.8, 4) is 33.9 Å². The molecule has 104 heavy (non-hydrogen) atoms. The lowest BCUT2D eigenvalue weighted by atomic mass is 9.65. The van der Waals surface area contributed by atoms with Crippen LogP contribution in [0.3, 0.4) is 0 Å². The molecule has 0 bridgehead atoms. The second-order valence-electron chi connectivity index (χ2n) is 27.8. The second kappa shape index (κ2) is 30.8. The van der Waals surface area contributed by atoms with Crippen LogP contribution in [-0.2, 0) is 97.8 Å². The lowest BCUT2D eigenvalue weighted by Gasteiger charge is -2.45. The molecule has 1 saturated heterocycles. The number of amides is 8. The molecule has 7 heterocycles. The molecule has 7 aromatic rings. The van der Waals surface area contributed by atoms with Gasteiger partial charge in [-0.2, -0.15) is 0 Å². The monoisotopic (exact) mass is 1420 g/mol. The molecule has 544 valence electrons. The number of aryl methyl sites for hydroxylation is 2. The van der Waals surface area contributed by atoms with Crippen LogP contribution in [-0.4, -0.2) is 153 Å². The number of hydrogen-bond donors (Lipinski definition) is 8. The van der Waals surface area contributed by atoms with E-state index in [-0.39, 0.29) is 112 Å². The topological polar surface area (TPSA) is 349 Å². The lowest BCUT2D eigenvalue weighted by molar-refractivity contribution is -0.172. The number of likely N-dealkylation sites (tertiary alicyclic amines) is 1. The van der Waals surface area contributed by atoms with Gasteiger partial charge in [0.2, 0.25) is 47.3 Å². The number of anilines is 1. The summed E-state index contributed by atoms with van der Waals surface area (Å²) in [6, 6.07) is 25.9. The van der Waals surface area contributed by atoms with Crippen molar-refractivity contribution >= 4 is 69.8 Å². The number of carbonyl (C=O) groups excluding carboxylic acids is 9.